The van der Waals surface area contributed by atoms with Crippen molar-refractivity contribution in [3.8, 4) is 11.5 Å². The molecule has 5 heteroatoms. The van der Waals surface area contributed by atoms with Crippen LogP contribution < -0.4 is 0 Å². The van der Waals surface area contributed by atoms with Crippen molar-refractivity contribution >= 4 is 6.29 Å². The Morgan fingerprint density at radius 1 is 1.09 bits per heavy atom. The van der Waals surface area contributed by atoms with Crippen molar-refractivity contribution in [1.29, 1.82) is 0 Å². The summed E-state index contributed by atoms with van der Waals surface area (Å²) in [4.78, 5) is 11.5. The summed E-state index contributed by atoms with van der Waals surface area (Å²) in [6.07, 6.45) is 11.7. The fourth-order valence-corrected chi connectivity index (χ4v) is 8.07. The van der Waals surface area contributed by atoms with Crippen LogP contribution in [0, 0.1) is 35.5 Å². The largest absolute Gasteiger partial charge is 0.504 e. The average Bonchev–Trinajstić information content (AvgIpc) is 3.10. The Labute approximate surface area is 196 Å². The average molecular weight is 455 g/mol. The minimum absolute atomic E-state index is 0.0961. The van der Waals surface area contributed by atoms with Crippen molar-refractivity contribution in [3.05, 3.63) is 34.4 Å². The maximum Gasteiger partial charge on any atom is 0.168 e. The minimum atomic E-state index is -0.359. The van der Waals surface area contributed by atoms with E-state index in [4.69, 9.17) is 4.74 Å². The number of carbonyl (C=O) groups is 1. The van der Waals surface area contributed by atoms with Crippen LogP contribution in [0.15, 0.2) is 17.7 Å². The number of hydrogen-bond acceptors (Lipinski definition) is 5. The van der Waals surface area contributed by atoms with Crippen LogP contribution in [0.5, 0.6) is 11.5 Å². The summed E-state index contributed by atoms with van der Waals surface area (Å²) in [6, 6.07) is 1.73. The lowest BCUT2D eigenvalue weighted by molar-refractivity contribution is -0.0767. The number of phenolic OH excluding ortho intramolecular Hbond substituents is 2. The zero-order valence-corrected chi connectivity index (χ0v) is 20.1. The van der Waals surface area contributed by atoms with E-state index in [1.54, 1.807) is 13.0 Å². The number of rotatable bonds is 4. The van der Waals surface area contributed by atoms with Gasteiger partial charge in [0.15, 0.2) is 17.8 Å². The molecule has 0 heterocycles. The first-order chi connectivity index (χ1) is 15.7. The maximum absolute atomic E-state index is 11.5. The maximum atomic E-state index is 11.5. The highest BCUT2D eigenvalue weighted by molar-refractivity contribution is 5.83. The van der Waals surface area contributed by atoms with Gasteiger partial charge in [-0.2, -0.15) is 0 Å². The number of aromatic hydroxyl groups is 2. The zero-order valence-electron chi connectivity index (χ0n) is 20.1. The first-order valence-electron chi connectivity index (χ1n) is 12.7. The van der Waals surface area contributed by atoms with Gasteiger partial charge in [-0.15, -0.1) is 0 Å². The molecule has 33 heavy (non-hydrogen) atoms. The third-order valence-corrected chi connectivity index (χ3v) is 10.2. The number of ether oxygens (including phenoxy) is 1. The van der Waals surface area contributed by atoms with Crippen molar-refractivity contribution in [2.75, 3.05) is 0 Å². The predicted octanol–water partition coefficient (Wildman–Crippen LogP) is 5.43. The highest BCUT2D eigenvalue weighted by Gasteiger charge is 2.58. The van der Waals surface area contributed by atoms with Crippen LogP contribution in [0.3, 0.4) is 0 Å². The highest BCUT2D eigenvalue weighted by atomic mass is 16.5. The normalized spacial score (nSPS) is 39.9. The quantitative estimate of drug-likeness (QED) is 0.321. The number of hydrogen-bond donors (Lipinski definition) is 3. The molecule has 1 aromatic carbocycles. The molecule has 180 valence electrons. The third kappa shape index (κ3) is 3.46. The lowest BCUT2D eigenvalue weighted by Gasteiger charge is -2.57. The molecule has 0 amide bonds. The van der Waals surface area contributed by atoms with Gasteiger partial charge in [-0.3, -0.25) is 4.79 Å². The van der Waals surface area contributed by atoms with Crippen molar-refractivity contribution in [3.63, 3.8) is 0 Å². The fourth-order valence-electron chi connectivity index (χ4n) is 8.07. The summed E-state index contributed by atoms with van der Waals surface area (Å²) in [5.41, 5.74) is 3.13. The number of aliphatic hydroxyl groups is 1. The van der Waals surface area contributed by atoms with E-state index in [0.717, 1.165) is 38.5 Å². The molecular formula is C28H38O5. The second-order valence-electron chi connectivity index (χ2n) is 11.7. The standard InChI is InChI=1S/C28H38O5/c1-16-12-17(21(14-29)26(32)25(16)31)15-33-19-8-10-27(2)18(13-19)4-5-20-22-6-7-24(30)28(22,3)11-9-23(20)27/h4,12,14,19-20,22-24,30-32H,5-11,13,15H2,1-3H3/t19-,20-,22-,23-,24?,27-,28-/m0/s1. The number of aryl methyl sites for hydroxylation is 1. The number of phenols is 2. The molecule has 7 atom stereocenters. The van der Waals surface area contributed by atoms with Crippen LogP contribution in [0.1, 0.15) is 86.7 Å². The second kappa shape index (κ2) is 8.13. The van der Waals surface area contributed by atoms with E-state index in [1.165, 1.54) is 18.4 Å². The number of aliphatic hydroxyl groups excluding tert-OH is 1. The molecule has 3 saturated carbocycles. The molecule has 1 unspecified atom stereocenters. The topological polar surface area (TPSA) is 87.0 Å². The molecule has 5 nitrogen and oxygen atoms in total. The third-order valence-electron chi connectivity index (χ3n) is 10.2. The van der Waals surface area contributed by atoms with Gasteiger partial charge in [0.1, 0.15) is 0 Å². The molecule has 3 N–H and O–H groups in total. The van der Waals surface area contributed by atoms with E-state index >= 15 is 0 Å². The Morgan fingerprint density at radius 2 is 1.88 bits per heavy atom. The monoisotopic (exact) mass is 454 g/mol. The number of carbonyl (C=O) groups excluding carboxylic acids is 1. The molecule has 5 rings (SSSR count). The van der Waals surface area contributed by atoms with Gasteiger partial charge in [-0.05, 0) is 104 Å². The molecule has 0 saturated heterocycles. The first-order valence-corrected chi connectivity index (χ1v) is 12.7. The smallest absolute Gasteiger partial charge is 0.168 e. The van der Waals surface area contributed by atoms with Gasteiger partial charge < -0.3 is 20.1 Å². The van der Waals surface area contributed by atoms with E-state index in [0.29, 0.717) is 35.2 Å². The van der Waals surface area contributed by atoms with Crippen LogP contribution in [0.4, 0.5) is 0 Å². The van der Waals surface area contributed by atoms with Gasteiger partial charge in [0.2, 0.25) is 0 Å². The summed E-state index contributed by atoms with van der Waals surface area (Å²) in [5.74, 6) is 1.42. The Bertz CT molecular complexity index is 983. The van der Waals surface area contributed by atoms with Gasteiger partial charge in [-0.1, -0.05) is 25.5 Å². The Morgan fingerprint density at radius 3 is 2.64 bits per heavy atom. The molecule has 0 aliphatic heterocycles. The Balaban J connectivity index is 1.30. The second-order valence-corrected chi connectivity index (χ2v) is 11.7. The van der Waals surface area contributed by atoms with Gasteiger partial charge in [0, 0.05) is 0 Å². The van der Waals surface area contributed by atoms with Crippen LogP contribution in [-0.4, -0.2) is 33.8 Å². The van der Waals surface area contributed by atoms with Gasteiger partial charge >= 0.3 is 0 Å². The molecule has 3 fully saturated rings. The first kappa shape index (κ1) is 22.9. The lowest BCUT2D eigenvalue weighted by Crippen LogP contribution is -2.51. The van der Waals surface area contributed by atoms with Crippen LogP contribution in [0.25, 0.3) is 0 Å². The lowest BCUT2D eigenvalue weighted by atomic mass is 9.48. The van der Waals surface area contributed by atoms with E-state index in [9.17, 15) is 20.1 Å². The molecular weight excluding hydrogens is 416 g/mol. The van der Waals surface area contributed by atoms with E-state index in [-0.39, 0.29) is 46.7 Å². The highest BCUT2D eigenvalue weighted by Crippen LogP contribution is 2.64. The van der Waals surface area contributed by atoms with E-state index in [2.05, 4.69) is 19.9 Å². The van der Waals surface area contributed by atoms with Gasteiger partial charge in [-0.25, -0.2) is 0 Å². The van der Waals surface area contributed by atoms with Crippen molar-refractivity contribution in [2.45, 2.75) is 91.0 Å². The van der Waals surface area contributed by atoms with Crippen molar-refractivity contribution < 1.29 is 24.9 Å². The Kier molecular flexibility index (Phi) is 5.64. The summed E-state index contributed by atoms with van der Waals surface area (Å²) < 4.78 is 6.27. The van der Waals surface area contributed by atoms with Crippen LogP contribution in [-0.2, 0) is 11.3 Å². The van der Waals surface area contributed by atoms with Crippen LogP contribution >= 0.6 is 0 Å². The summed E-state index contributed by atoms with van der Waals surface area (Å²) in [6.45, 7) is 6.75. The summed E-state index contributed by atoms with van der Waals surface area (Å²) >= 11 is 0. The fraction of sp³-hybridized carbons (Fsp3) is 0.679. The van der Waals surface area contributed by atoms with Crippen molar-refractivity contribution in [1.82, 2.24) is 0 Å². The minimum Gasteiger partial charge on any atom is -0.504 e. The summed E-state index contributed by atoms with van der Waals surface area (Å²) in [5, 5.41) is 30.7. The molecule has 0 bridgehead atoms. The van der Waals surface area contributed by atoms with E-state index in [1.807, 2.05) is 0 Å². The summed E-state index contributed by atoms with van der Waals surface area (Å²) in [7, 11) is 0. The predicted molar refractivity (Wildman–Crippen MR) is 126 cm³/mol. The Hall–Kier alpha value is -1.85. The van der Waals surface area contributed by atoms with Gasteiger partial charge in [0.05, 0.1) is 24.4 Å². The SMILES string of the molecule is Cc1cc(CO[C@H]2CC[C@@]3(C)C(=CC[C@@H]4[C@@H]3CC[C@]3(C)C(O)CC[C@@H]43)C2)c(C=O)c(O)c1O. The van der Waals surface area contributed by atoms with E-state index < -0.39 is 0 Å². The molecule has 1 aromatic rings. The van der Waals surface area contributed by atoms with Gasteiger partial charge in [0.25, 0.3) is 0 Å². The number of aldehydes is 1. The number of benzene rings is 1. The number of allylic oxidation sites excluding steroid dienone is 1. The molecule has 0 aromatic heterocycles. The number of fused-ring (bicyclic) bond motifs is 5. The molecule has 0 spiro atoms. The zero-order chi connectivity index (χ0) is 23.5. The molecule has 0 radical (unpaired) electrons. The molecule has 4 aliphatic rings. The van der Waals surface area contributed by atoms with Crippen LogP contribution in [0.2, 0.25) is 0 Å². The molecule has 4 aliphatic carbocycles. The van der Waals surface area contributed by atoms with Crippen molar-refractivity contribution in [2.24, 2.45) is 28.6 Å².